The first kappa shape index (κ1) is 14.7. The summed E-state index contributed by atoms with van der Waals surface area (Å²) in [6.07, 6.45) is 0.164. The van der Waals surface area contributed by atoms with E-state index < -0.39 is 22.0 Å². The molecule has 0 saturated heterocycles. The Balaban J connectivity index is 2.66. The zero-order chi connectivity index (χ0) is 13.8. The van der Waals surface area contributed by atoms with Crippen molar-refractivity contribution in [1.82, 2.24) is 9.88 Å². The minimum Gasteiger partial charge on any atom is -0.481 e. The Hall–Kier alpha value is -1.41. The average molecular weight is 276 g/mol. The van der Waals surface area contributed by atoms with E-state index in [1.807, 2.05) is 0 Å². The standard InChI is InChI=1S/C10H16N2O5S/c1-3-8(5-10(13)14)12-18(15,16)6-9-4-7(2)17-11-9/h4,8,12H,3,5-6H2,1-2H3,(H,13,14). The van der Waals surface area contributed by atoms with E-state index in [0.717, 1.165) is 0 Å². The fourth-order valence-electron chi connectivity index (χ4n) is 1.46. The Bertz CT molecular complexity index is 508. The third kappa shape index (κ3) is 4.84. The topological polar surface area (TPSA) is 110 Å². The smallest absolute Gasteiger partial charge is 0.304 e. The molecule has 0 fully saturated rings. The molecular formula is C10H16N2O5S. The van der Waals surface area contributed by atoms with E-state index in [-0.39, 0.29) is 12.2 Å². The Morgan fingerprint density at radius 1 is 1.61 bits per heavy atom. The van der Waals surface area contributed by atoms with Crippen molar-refractivity contribution in [2.24, 2.45) is 0 Å². The summed E-state index contributed by atoms with van der Waals surface area (Å²) in [5, 5.41) is 12.2. The predicted molar refractivity (Wildman–Crippen MR) is 63.3 cm³/mol. The SMILES string of the molecule is CCC(CC(=O)O)NS(=O)(=O)Cc1cc(C)on1. The average Bonchev–Trinajstić information content (AvgIpc) is 2.60. The fraction of sp³-hybridized carbons (Fsp3) is 0.600. The van der Waals surface area contributed by atoms with Crippen molar-refractivity contribution in [3.05, 3.63) is 17.5 Å². The van der Waals surface area contributed by atoms with Gasteiger partial charge in [0.1, 0.15) is 17.2 Å². The van der Waals surface area contributed by atoms with Gasteiger partial charge in [-0.25, -0.2) is 13.1 Å². The first-order valence-corrected chi connectivity index (χ1v) is 7.11. The van der Waals surface area contributed by atoms with Crippen LogP contribution in [0.1, 0.15) is 31.2 Å². The Kier molecular flexibility index (Phi) is 4.85. The van der Waals surface area contributed by atoms with Gasteiger partial charge < -0.3 is 9.63 Å². The third-order valence-electron chi connectivity index (χ3n) is 2.27. The number of aromatic nitrogens is 1. The lowest BCUT2D eigenvalue weighted by Crippen LogP contribution is -2.36. The van der Waals surface area contributed by atoms with Crippen LogP contribution in [0.15, 0.2) is 10.6 Å². The molecule has 1 aromatic heterocycles. The summed E-state index contributed by atoms with van der Waals surface area (Å²) in [6.45, 7) is 3.38. The number of hydrogen-bond acceptors (Lipinski definition) is 5. The van der Waals surface area contributed by atoms with Gasteiger partial charge >= 0.3 is 5.97 Å². The van der Waals surface area contributed by atoms with E-state index in [1.165, 1.54) is 6.07 Å². The number of aryl methyl sites for hydroxylation is 1. The van der Waals surface area contributed by atoms with Gasteiger partial charge in [-0.15, -0.1) is 0 Å². The molecular weight excluding hydrogens is 260 g/mol. The second-order valence-corrected chi connectivity index (χ2v) is 5.76. The van der Waals surface area contributed by atoms with Crippen LogP contribution < -0.4 is 4.72 Å². The molecule has 7 nitrogen and oxygen atoms in total. The summed E-state index contributed by atoms with van der Waals surface area (Å²) in [6, 6.07) is 0.915. The molecule has 0 amide bonds. The molecule has 0 radical (unpaired) electrons. The van der Waals surface area contributed by atoms with E-state index in [0.29, 0.717) is 17.9 Å². The number of nitrogens with zero attached hydrogens (tertiary/aromatic N) is 1. The Morgan fingerprint density at radius 2 is 2.28 bits per heavy atom. The van der Waals surface area contributed by atoms with Gasteiger partial charge in [-0.05, 0) is 13.3 Å². The van der Waals surface area contributed by atoms with Gasteiger partial charge in [0.15, 0.2) is 0 Å². The largest absolute Gasteiger partial charge is 0.481 e. The van der Waals surface area contributed by atoms with Crippen molar-refractivity contribution in [2.75, 3.05) is 0 Å². The minimum atomic E-state index is -3.61. The molecule has 0 aliphatic carbocycles. The number of carboxylic acid groups (broad SMARTS) is 1. The van der Waals surface area contributed by atoms with Gasteiger partial charge in [-0.3, -0.25) is 4.79 Å². The maximum absolute atomic E-state index is 11.8. The molecule has 102 valence electrons. The van der Waals surface area contributed by atoms with Gasteiger partial charge in [-0.1, -0.05) is 12.1 Å². The van der Waals surface area contributed by atoms with Crippen molar-refractivity contribution in [2.45, 2.75) is 38.5 Å². The maximum Gasteiger partial charge on any atom is 0.304 e. The highest BCUT2D eigenvalue weighted by atomic mass is 32.2. The zero-order valence-electron chi connectivity index (χ0n) is 10.2. The van der Waals surface area contributed by atoms with Gasteiger partial charge in [0, 0.05) is 12.1 Å². The van der Waals surface area contributed by atoms with Crippen LogP contribution in [0.3, 0.4) is 0 Å². The van der Waals surface area contributed by atoms with Crippen molar-refractivity contribution in [3.8, 4) is 0 Å². The van der Waals surface area contributed by atoms with Crippen LogP contribution in [0, 0.1) is 6.92 Å². The van der Waals surface area contributed by atoms with Crippen LogP contribution in [0.5, 0.6) is 0 Å². The van der Waals surface area contributed by atoms with Crippen molar-refractivity contribution in [3.63, 3.8) is 0 Å². The molecule has 1 atom stereocenters. The van der Waals surface area contributed by atoms with Crippen LogP contribution in [0.25, 0.3) is 0 Å². The highest BCUT2D eigenvalue weighted by Crippen LogP contribution is 2.08. The summed E-state index contributed by atoms with van der Waals surface area (Å²) >= 11 is 0. The van der Waals surface area contributed by atoms with Crippen LogP contribution in [0.2, 0.25) is 0 Å². The lowest BCUT2D eigenvalue weighted by molar-refractivity contribution is -0.137. The van der Waals surface area contributed by atoms with E-state index in [4.69, 9.17) is 9.63 Å². The minimum absolute atomic E-state index is 0.242. The molecule has 1 rings (SSSR count). The number of nitrogens with one attached hydrogen (secondary N) is 1. The first-order chi connectivity index (χ1) is 8.32. The van der Waals surface area contributed by atoms with E-state index in [9.17, 15) is 13.2 Å². The van der Waals surface area contributed by atoms with Gasteiger partial charge in [0.05, 0.1) is 6.42 Å². The normalized spacial score (nSPS) is 13.4. The highest BCUT2D eigenvalue weighted by molar-refractivity contribution is 7.88. The van der Waals surface area contributed by atoms with Gasteiger partial charge in [0.25, 0.3) is 0 Å². The second kappa shape index (κ2) is 5.96. The zero-order valence-corrected chi connectivity index (χ0v) is 11.0. The van der Waals surface area contributed by atoms with Crippen LogP contribution in [0.4, 0.5) is 0 Å². The molecule has 1 aromatic rings. The van der Waals surface area contributed by atoms with Crippen LogP contribution >= 0.6 is 0 Å². The number of sulfonamides is 1. The molecule has 0 bridgehead atoms. The third-order valence-corrected chi connectivity index (χ3v) is 3.64. The maximum atomic E-state index is 11.8. The summed E-state index contributed by atoms with van der Waals surface area (Å²) in [5.74, 6) is -0.833. The Labute approximate surface area is 105 Å². The van der Waals surface area contributed by atoms with E-state index >= 15 is 0 Å². The molecule has 0 aliphatic rings. The lowest BCUT2D eigenvalue weighted by Gasteiger charge is -2.14. The highest BCUT2D eigenvalue weighted by Gasteiger charge is 2.20. The van der Waals surface area contributed by atoms with Crippen molar-refractivity contribution in [1.29, 1.82) is 0 Å². The summed E-state index contributed by atoms with van der Waals surface area (Å²) < 4.78 is 30.7. The predicted octanol–water partition coefficient (Wildman–Crippen LogP) is 0.656. The number of aliphatic carboxylic acids is 1. The van der Waals surface area contributed by atoms with Crippen LogP contribution in [-0.2, 0) is 20.6 Å². The number of hydrogen-bond donors (Lipinski definition) is 2. The molecule has 1 heterocycles. The Morgan fingerprint density at radius 3 is 2.72 bits per heavy atom. The summed E-state index contributed by atoms with van der Waals surface area (Å²) in [4.78, 5) is 10.6. The summed E-state index contributed by atoms with van der Waals surface area (Å²) in [5.41, 5.74) is 0.296. The fourth-order valence-corrected chi connectivity index (χ4v) is 2.82. The summed E-state index contributed by atoms with van der Waals surface area (Å²) in [7, 11) is -3.61. The molecule has 8 heteroatoms. The molecule has 0 saturated carbocycles. The van der Waals surface area contributed by atoms with Gasteiger partial charge in [0.2, 0.25) is 10.0 Å². The quantitative estimate of drug-likeness (QED) is 0.757. The van der Waals surface area contributed by atoms with E-state index in [1.54, 1.807) is 13.8 Å². The molecule has 18 heavy (non-hydrogen) atoms. The van der Waals surface area contributed by atoms with Crippen molar-refractivity contribution < 1.29 is 22.8 Å². The lowest BCUT2D eigenvalue weighted by atomic mass is 10.2. The van der Waals surface area contributed by atoms with E-state index in [2.05, 4.69) is 9.88 Å². The molecule has 1 unspecified atom stereocenters. The number of carbonyl (C=O) groups is 1. The van der Waals surface area contributed by atoms with Crippen LogP contribution in [-0.4, -0.2) is 30.7 Å². The van der Waals surface area contributed by atoms with Gasteiger partial charge in [-0.2, -0.15) is 0 Å². The molecule has 0 aromatic carbocycles. The monoisotopic (exact) mass is 276 g/mol. The molecule has 0 spiro atoms. The van der Waals surface area contributed by atoms with Crippen molar-refractivity contribution >= 4 is 16.0 Å². The molecule has 2 N–H and O–H groups in total. The molecule has 0 aliphatic heterocycles. The first-order valence-electron chi connectivity index (χ1n) is 5.46. The number of rotatable bonds is 7. The second-order valence-electron chi connectivity index (χ2n) is 4.01. The number of carboxylic acids is 1.